The number of thiophene rings is 1. The molecule has 2 aromatic heterocycles. The molecule has 13 heteroatoms. The molecule has 1 N–H and O–H groups in total. The molecular weight excluding hydrogens is 456 g/mol. The SMILES string of the molecule is CCOc1ccc(S(=O)(=O)N(CC)CC)cc1NC(=O)Cn1nnn(-c2cccs2)c1=O. The molecule has 3 aromatic rings. The van der Waals surface area contributed by atoms with E-state index in [4.69, 9.17) is 4.74 Å². The number of sulfonamides is 1. The fraction of sp³-hybridized carbons (Fsp3) is 0.368. The van der Waals surface area contributed by atoms with Crippen LogP contribution in [0.1, 0.15) is 20.8 Å². The third kappa shape index (κ3) is 4.89. The van der Waals surface area contributed by atoms with Crippen LogP contribution in [0.3, 0.4) is 0 Å². The Morgan fingerprint density at radius 2 is 1.94 bits per heavy atom. The lowest BCUT2D eigenvalue weighted by atomic mass is 10.3. The topological polar surface area (TPSA) is 128 Å². The summed E-state index contributed by atoms with van der Waals surface area (Å²) in [5.41, 5.74) is -0.380. The Balaban J connectivity index is 1.85. The number of rotatable bonds is 10. The van der Waals surface area contributed by atoms with Gasteiger partial charge in [0.05, 0.1) is 17.2 Å². The molecule has 0 saturated carbocycles. The van der Waals surface area contributed by atoms with Gasteiger partial charge in [-0.05, 0) is 53.1 Å². The van der Waals surface area contributed by atoms with Crippen molar-refractivity contribution in [2.24, 2.45) is 0 Å². The number of nitrogens with zero attached hydrogens (tertiary/aromatic N) is 5. The molecule has 11 nitrogen and oxygen atoms in total. The molecule has 1 aromatic carbocycles. The molecule has 172 valence electrons. The minimum atomic E-state index is -3.73. The van der Waals surface area contributed by atoms with Gasteiger partial charge >= 0.3 is 5.69 Å². The average Bonchev–Trinajstić information content (AvgIpc) is 3.40. The van der Waals surface area contributed by atoms with Crippen molar-refractivity contribution < 1.29 is 17.9 Å². The zero-order chi connectivity index (χ0) is 23.3. The lowest BCUT2D eigenvalue weighted by Crippen LogP contribution is -2.31. The number of carbonyl (C=O) groups excluding carboxylic acids is 1. The Labute approximate surface area is 189 Å². The van der Waals surface area contributed by atoms with E-state index < -0.39 is 28.2 Å². The monoisotopic (exact) mass is 480 g/mol. The molecule has 0 bridgehead atoms. The lowest BCUT2D eigenvalue weighted by Gasteiger charge is -2.20. The Kier molecular flexibility index (Phi) is 7.43. The Bertz CT molecular complexity index is 1230. The van der Waals surface area contributed by atoms with Crippen LogP contribution in [0.2, 0.25) is 0 Å². The van der Waals surface area contributed by atoms with Crippen molar-refractivity contribution in [2.45, 2.75) is 32.2 Å². The summed E-state index contributed by atoms with van der Waals surface area (Å²) in [4.78, 5) is 25.1. The molecule has 0 fully saturated rings. The van der Waals surface area contributed by atoms with Crippen LogP contribution in [-0.4, -0.2) is 58.1 Å². The van der Waals surface area contributed by atoms with Crippen molar-refractivity contribution in [1.82, 2.24) is 24.1 Å². The van der Waals surface area contributed by atoms with Crippen LogP contribution in [0.25, 0.3) is 5.00 Å². The van der Waals surface area contributed by atoms with Gasteiger partial charge in [0, 0.05) is 13.1 Å². The number of nitrogens with one attached hydrogen (secondary N) is 1. The standard InChI is InChI=1S/C19H24N6O5S2/c1-4-23(5-2)32(28,29)14-9-10-16(30-6-3)15(12-14)20-17(26)13-24-19(27)25(22-21-24)18-8-7-11-31-18/h7-12H,4-6,13H2,1-3H3,(H,20,26). The number of anilines is 1. The van der Waals surface area contributed by atoms with Crippen molar-refractivity contribution in [3.63, 3.8) is 0 Å². The zero-order valence-electron chi connectivity index (χ0n) is 17.9. The van der Waals surface area contributed by atoms with Gasteiger partial charge in [-0.1, -0.05) is 13.8 Å². The van der Waals surface area contributed by atoms with E-state index in [0.717, 1.165) is 9.36 Å². The van der Waals surface area contributed by atoms with Crippen LogP contribution >= 0.6 is 11.3 Å². The molecule has 2 heterocycles. The molecule has 0 saturated heterocycles. The largest absolute Gasteiger partial charge is 0.492 e. The molecule has 0 aliphatic rings. The maximum atomic E-state index is 12.9. The number of tetrazole rings is 1. The van der Waals surface area contributed by atoms with Crippen molar-refractivity contribution in [1.29, 1.82) is 0 Å². The summed E-state index contributed by atoms with van der Waals surface area (Å²) in [6, 6.07) is 7.76. The van der Waals surface area contributed by atoms with E-state index in [1.807, 2.05) is 0 Å². The first-order chi connectivity index (χ1) is 15.3. The predicted molar refractivity (Wildman–Crippen MR) is 120 cm³/mol. The van der Waals surface area contributed by atoms with E-state index >= 15 is 0 Å². The highest BCUT2D eigenvalue weighted by atomic mass is 32.2. The fourth-order valence-corrected chi connectivity index (χ4v) is 5.14. The van der Waals surface area contributed by atoms with Crippen molar-refractivity contribution >= 4 is 33.0 Å². The molecule has 0 radical (unpaired) electrons. The Hall–Kier alpha value is -3.03. The van der Waals surface area contributed by atoms with Gasteiger partial charge in [0.25, 0.3) is 0 Å². The molecule has 0 aliphatic carbocycles. The first kappa shape index (κ1) is 23.6. The quantitative estimate of drug-likeness (QED) is 0.466. The summed E-state index contributed by atoms with van der Waals surface area (Å²) in [5.74, 6) is -0.266. The van der Waals surface area contributed by atoms with Gasteiger partial charge < -0.3 is 10.1 Å². The predicted octanol–water partition coefficient (Wildman–Crippen LogP) is 1.56. The molecule has 32 heavy (non-hydrogen) atoms. The zero-order valence-corrected chi connectivity index (χ0v) is 19.5. The molecule has 1 amide bonds. The van der Waals surface area contributed by atoms with Gasteiger partial charge in [0.15, 0.2) is 0 Å². The van der Waals surface area contributed by atoms with E-state index in [1.165, 1.54) is 33.8 Å². The maximum absolute atomic E-state index is 12.9. The highest BCUT2D eigenvalue weighted by molar-refractivity contribution is 7.89. The second-order valence-corrected chi connectivity index (χ2v) is 9.37. The van der Waals surface area contributed by atoms with Gasteiger partial charge in [-0.2, -0.15) is 13.7 Å². The number of benzene rings is 1. The van der Waals surface area contributed by atoms with Crippen LogP contribution < -0.4 is 15.7 Å². The third-order valence-corrected chi connectivity index (χ3v) is 7.41. The molecule has 0 spiro atoms. The van der Waals surface area contributed by atoms with Crippen LogP contribution in [0.15, 0.2) is 45.4 Å². The van der Waals surface area contributed by atoms with Crippen molar-refractivity contribution in [2.75, 3.05) is 25.0 Å². The highest BCUT2D eigenvalue weighted by Crippen LogP contribution is 2.29. The molecule has 0 unspecified atom stereocenters. The van der Waals surface area contributed by atoms with E-state index in [0.29, 0.717) is 30.4 Å². The highest BCUT2D eigenvalue weighted by Gasteiger charge is 2.23. The van der Waals surface area contributed by atoms with Crippen LogP contribution in [-0.2, 0) is 21.4 Å². The first-order valence-corrected chi connectivity index (χ1v) is 12.3. The van der Waals surface area contributed by atoms with Crippen molar-refractivity contribution in [3.8, 4) is 10.8 Å². The normalized spacial score (nSPS) is 11.6. The van der Waals surface area contributed by atoms with E-state index in [9.17, 15) is 18.0 Å². The Morgan fingerprint density at radius 1 is 1.19 bits per heavy atom. The molecule has 0 aliphatic heterocycles. The summed E-state index contributed by atoms with van der Waals surface area (Å²) >= 11 is 1.31. The summed E-state index contributed by atoms with van der Waals surface area (Å²) in [7, 11) is -3.73. The van der Waals surface area contributed by atoms with Crippen LogP contribution in [0.4, 0.5) is 5.69 Å². The third-order valence-electron chi connectivity index (χ3n) is 4.52. The first-order valence-electron chi connectivity index (χ1n) is 9.95. The van der Waals surface area contributed by atoms with Gasteiger partial charge in [-0.15, -0.1) is 11.3 Å². The second kappa shape index (κ2) is 10.1. The number of hydrogen-bond acceptors (Lipinski definition) is 8. The summed E-state index contributed by atoms with van der Waals surface area (Å²) in [5, 5.41) is 12.5. The minimum absolute atomic E-state index is 0.0285. The van der Waals surface area contributed by atoms with Gasteiger partial charge in [-0.25, -0.2) is 13.2 Å². The molecule has 3 rings (SSSR count). The van der Waals surface area contributed by atoms with Gasteiger partial charge in [-0.3, -0.25) is 4.79 Å². The van der Waals surface area contributed by atoms with Crippen LogP contribution in [0, 0.1) is 0 Å². The number of aromatic nitrogens is 4. The summed E-state index contributed by atoms with van der Waals surface area (Å²) < 4.78 is 34.6. The maximum Gasteiger partial charge on any atom is 0.369 e. The van der Waals surface area contributed by atoms with Crippen molar-refractivity contribution in [3.05, 3.63) is 46.2 Å². The van der Waals surface area contributed by atoms with Gasteiger partial charge in [0.1, 0.15) is 17.3 Å². The summed E-state index contributed by atoms with van der Waals surface area (Å²) in [6.45, 7) is 5.82. The minimum Gasteiger partial charge on any atom is -0.492 e. The number of hydrogen-bond donors (Lipinski definition) is 1. The lowest BCUT2D eigenvalue weighted by molar-refractivity contribution is -0.117. The average molecular weight is 481 g/mol. The number of carbonyl (C=O) groups is 1. The van der Waals surface area contributed by atoms with Crippen LogP contribution in [0.5, 0.6) is 5.75 Å². The number of ether oxygens (including phenoxy) is 1. The molecule has 0 atom stereocenters. The smallest absolute Gasteiger partial charge is 0.369 e. The van der Waals surface area contributed by atoms with E-state index in [1.54, 1.807) is 38.3 Å². The second-order valence-electron chi connectivity index (χ2n) is 6.51. The molecular formula is C19H24N6O5S2. The number of amides is 1. The fourth-order valence-electron chi connectivity index (χ4n) is 2.99. The van der Waals surface area contributed by atoms with E-state index in [2.05, 4.69) is 15.7 Å². The summed E-state index contributed by atoms with van der Waals surface area (Å²) in [6.07, 6.45) is 0. The van der Waals surface area contributed by atoms with Gasteiger partial charge in [0.2, 0.25) is 15.9 Å². The Morgan fingerprint density at radius 3 is 2.56 bits per heavy atom. The van der Waals surface area contributed by atoms with E-state index in [-0.39, 0.29) is 10.6 Å².